The number of amides is 1. The van der Waals surface area contributed by atoms with Gasteiger partial charge in [-0.25, -0.2) is 14.4 Å². The number of carbonyl (C=O) groups excluding carboxylic acids is 1. The zero-order valence-corrected chi connectivity index (χ0v) is 17.5. The van der Waals surface area contributed by atoms with Crippen molar-refractivity contribution in [1.82, 2.24) is 25.1 Å². The maximum absolute atomic E-state index is 14.8. The summed E-state index contributed by atoms with van der Waals surface area (Å²) in [5.41, 5.74) is 2.51. The predicted molar refractivity (Wildman–Crippen MR) is 117 cm³/mol. The number of nitrogens with one attached hydrogen (secondary N) is 1. The molecule has 32 heavy (non-hydrogen) atoms. The first-order valence-corrected chi connectivity index (χ1v) is 10.3. The Labute approximate surface area is 187 Å². The third kappa shape index (κ3) is 3.92. The van der Waals surface area contributed by atoms with E-state index in [1.54, 1.807) is 41.1 Å². The van der Waals surface area contributed by atoms with Crippen molar-refractivity contribution in [2.75, 3.05) is 6.54 Å². The molecule has 160 valence electrons. The Kier molecular flexibility index (Phi) is 5.28. The van der Waals surface area contributed by atoms with Gasteiger partial charge in [-0.3, -0.25) is 9.48 Å². The molecule has 9 heteroatoms. The number of halogens is 2. The molecule has 5 rings (SSSR count). The molecule has 0 aliphatic carbocycles. The zero-order chi connectivity index (χ0) is 22.1. The van der Waals surface area contributed by atoms with Crippen LogP contribution >= 0.6 is 11.6 Å². The Morgan fingerprint density at radius 1 is 1.12 bits per heavy atom. The fourth-order valence-corrected chi connectivity index (χ4v) is 3.59. The molecule has 1 aliphatic heterocycles. The van der Waals surface area contributed by atoms with E-state index in [1.165, 1.54) is 12.3 Å². The second kappa shape index (κ2) is 8.39. The van der Waals surface area contributed by atoms with Crippen molar-refractivity contribution in [2.24, 2.45) is 0 Å². The van der Waals surface area contributed by atoms with Crippen molar-refractivity contribution < 1.29 is 13.9 Å². The summed E-state index contributed by atoms with van der Waals surface area (Å²) in [7, 11) is 0. The average Bonchev–Trinajstić information content (AvgIpc) is 3.25. The van der Waals surface area contributed by atoms with Crippen molar-refractivity contribution in [3.63, 3.8) is 0 Å². The highest BCUT2D eigenvalue weighted by Crippen LogP contribution is 2.32. The minimum absolute atomic E-state index is 0.157. The molecule has 2 aromatic carbocycles. The van der Waals surface area contributed by atoms with E-state index >= 15 is 0 Å². The van der Waals surface area contributed by atoms with E-state index in [1.807, 2.05) is 12.1 Å². The van der Waals surface area contributed by atoms with E-state index in [0.717, 1.165) is 5.56 Å². The number of rotatable bonds is 5. The minimum Gasteiger partial charge on any atom is -0.488 e. The second-order valence-electron chi connectivity index (χ2n) is 7.19. The van der Waals surface area contributed by atoms with Gasteiger partial charge in [-0.05, 0) is 42.0 Å². The molecule has 3 heterocycles. The summed E-state index contributed by atoms with van der Waals surface area (Å²) < 4.78 is 22.4. The summed E-state index contributed by atoms with van der Waals surface area (Å²) in [5, 5.41) is 7.87. The summed E-state index contributed by atoms with van der Waals surface area (Å²) in [6.45, 7) is 1.33. The molecule has 0 saturated heterocycles. The molecule has 2 aromatic heterocycles. The molecular weight excluding hydrogens is 433 g/mol. The largest absolute Gasteiger partial charge is 0.488 e. The Balaban J connectivity index is 1.48. The normalized spacial score (nSPS) is 12.9. The van der Waals surface area contributed by atoms with E-state index < -0.39 is 5.82 Å². The number of fused-ring (bicyclic) bond motifs is 1. The van der Waals surface area contributed by atoms with E-state index in [-0.39, 0.29) is 23.9 Å². The van der Waals surface area contributed by atoms with Crippen LogP contribution in [0.4, 0.5) is 4.39 Å². The fraction of sp³-hybridized carbons (Fsp3) is 0.130. The van der Waals surface area contributed by atoms with Crippen LogP contribution in [0.1, 0.15) is 16.1 Å². The van der Waals surface area contributed by atoms with Gasteiger partial charge in [-0.15, -0.1) is 0 Å². The molecule has 0 unspecified atom stereocenters. The number of nitrogens with zero attached hydrogens (tertiary/aromatic N) is 4. The molecule has 4 aromatic rings. The van der Waals surface area contributed by atoms with Crippen molar-refractivity contribution in [3.8, 4) is 28.5 Å². The minimum atomic E-state index is -0.501. The SMILES string of the molecule is O=C1NCCn2nc(-c3ccnc(-c4c(F)cccc4OCc4ccc(Cl)cc4)n3)cc21. The molecule has 0 bridgehead atoms. The number of benzene rings is 2. The lowest BCUT2D eigenvalue weighted by Gasteiger charge is -2.13. The predicted octanol–water partition coefficient (Wildman–Crippen LogP) is 4.12. The lowest BCUT2D eigenvalue weighted by atomic mass is 10.1. The molecule has 1 amide bonds. The molecule has 7 nitrogen and oxygen atoms in total. The molecule has 0 fully saturated rings. The van der Waals surface area contributed by atoms with Crippen molar-refractivity contribution in [2.45, 2.75) is 13.2 Å². The van der Waals surface area contributed by atoms with E-state index in [2.05, 4.69) is 20.4 Å². The van der Waals surface area contributed by atoms with Crippen LogP contribution in [0.15, 0.2) is 60.8 Å². The number of hydrogen-bond donors (Lipinski definition) is 1. The van der Waals surface area contributed by atoms with Gasteiger partial charge in [0.05, 0.1) is 17.8 Å². The number of ether oxygens (including phenoxy) is 1. The molecular formula is C23H17ClFN5O2. The number of aromatic nitrogens is 4. The van der Waals surface area contributed by atoms with Crippen LogP contribution in [-0.2, 0) is 13.2 Å². The van der Waals surface area contributed by atoms with Gasteiger partial charge in [0, 0.05) is 17.8 Å². The summed E-state index contributed by atoms with van der Waals surface area (Å²) in [5.74, 6) is -0.196. The van der Waals surface area contributed by atoms with Crippen molar-refractivity contribution >= 4 is 17.5 Å². The number of carbonyl (C=O) groups is 1. The highest BCUT2D eigenvalue weighted by Gasteiger charge is 2.21. The lowest BCUT2D eigenvalue weighted by molar-refractivity contribution is 0.0924. The highest BCUT2D eigenvalue weighted by atomic mass is 35.5. The molecule has 1 N–H and O–H groups in total. The smallest absolute Gasteiger partial charge is 0.269 e. The van der Waals surface area contributed by atoms with Crippen molar-refractivity contribution in [1.29, 1.82) is 0 Å². The third-order valence-corrected chi connectivity index (χ3v) is 5.30. The first-order chi connectivity index (χ1) is 15.6. The Morgan fingerprint density at radius 2 is 1.97 bits per heavy atom. The summed E-state index contributed by atoms with van der Waals surface area (Å²) >= 11 is 5.93. The first-order valence-electron chi connectivity index (χ1n) is 9.94. The maximum Gasteiger partial charge on any atom is 0.269 e. The van der Waals surface area contributed by atoms with Crippen LogP contribution in [0.25, 0.3) is 22.8 Å². The maximum atomic E-state index is 14.8. The van der Waals surface area contributed by atoms with E-state index in [0.29, 0.717) is 40.9 Å². The summed E-state index contributed by atoms with van der Waals surface area (Å²) in [4.78, 5) is 20.8. The van der Waals surface area contributed by atoms with Crippen LogP contribution in [0.3, 0.4) is 0 Å². The molecule has 1 aliphatic rings. The Bertz CT molecular complexity index is 1310. The number of hydrogen-bond acceptors (Lipinski definition) is 5. The van der Waals surface area contributed by atoms with Gasteiger partial charge in [-0.1, -0.05) is 29.8 Å². The topological polar surface area (TPSA) is 81.9 Å². The Hall–Kier alpha value is -3.78. The van der Waals surface area contributed by atoms with Crippen LogP contribution in [0.5, 0.6) is 5.75 Å². The molecule has 0 saturated carbocycles. The van der Waals surface area contributed by atoms with Crippen LogP contribution in [0.2, 0.25) is 5.02 Å². The van der Waals surface area contributed by atoms with E-state index in [9.17, 15) is 9.18 Å². The van der Waals surface area contributed by atoms with E-state index in [4.69, 9.17) is 16.3 Å². The van der Waals surface area contributed by atoms with Gasteiger partial charge in [-0.2, -0.15) is 5.10 Å². The van der Waals surface area contributed by atoms with Gasteiger partial charge in [0.15, 0.2) is 5.82 Å². The second-order valence-corrected chi connectivity index (χ2v) is 7.62. The van der Waals surface area contributed by atoms with Crippen LogP contribution in [-0.4, -0.2) is 32.2 Å². The van der Waals surface area contributed by atoms with Gasteiger partial charge >= 0.3 is 0 Å². The fourth-order valence-electron chi connectivity index (χ4n) is 3.47. The van der Waals surface area contributed by atoms with Gasteiger partial charge in [0.2, 0.25) is 0 Å². The molecule has 0 radical (unpaired) electrons. The van der Waals surface area contributed by atoms with Crippen LogP contribution in [0, 0.1) is 5.82 Å². The van der Waals surface area contributed by atoms with Gasteiger partial charge < -0.3 is 10.1 Å². The Morgan fingerprint density at radius 3 is 2.78 bits per heavy atom. The average molecular weight is 450 g/mol. The molecule has 0 atom stereocenters. The van der Waals surface area contributed by atoms with Gasteiger partial charge in [0.25, 0.3) is 5.91 Å². The summed E-state index contributed by atoms with van der Waals surface area (Å²) in [6.07, 6.45) is 1.53. The zero-order valence-electron chi connectivity index (χ0n) is 16.8. The van der Waals surface area contributed by atoms with Crippen molar-refractivity contribution in [3.05, 3.63) is 82.9 Å². The summed E-state index contributed by atoms with van der Waals surface area (Å²) in [6, 6.07) is 15.1. The standard InChI is InChI=1S/C23H17ClFN5O2/c24-15-6-4-14(5-7-15)13-32-20-3-1-2-16(25)21(20)22-26-9-8-17(28-22)18-12-19-23(31)27-10-11-30(19)29-18/h1-9,12H,10-11,13H2,(H,27,31). The highest BCUT2D eigenvalue weighted by molar-refractivity contribution is 6.30. The lowest BCUT2D eigenvalue weighted by Crippen LogP contribution is -2.35. The third-order valence-electron chi connectivity index (χ3n) is 5.05. The molecule has 0 spiro atoms. The van der Waals surface area contributed by atoms with Crippen LogP contribution < -0.4 is 10.1 Å². The first kappa shape index (κ1) is 20.1. The quantitative estimate of drug-likeness (QED) is 0.495. The van der Waals surface area contributed by atoms with Gasteiger partial charge in [0.1, 0.15) is 29.6 Å². The monoisotopic (exact) mass is 449 g/mol.